The van der Waals surface area contributed by atoms with Crippen molar-refractivity contribution in [1.82, 2.24) is 24.9 Å². The second-order valence-electron chi connectivity index (χ2n) is 4.67. The zero-order valence-electron chi connectivity index (χ0n) is 11.6. The van der Waals surface area contributed by atoms with Crippen molar-refractivity contribution in [1.29, 1.82) is 0 Å². The lowest BCUT2D eigenvalue weighted by atomic mass is 10.2. The van der Waals surface area contributed by atoms with Gasteiger partial charge in [0.2, 0.25) is 0 Å². The molecule has 2 aromatic rings. The summed E-state index contributed by atoms with van der Waals surface area (Å²) in [5, 5.41) is 11.0. The van der Waals surface area contributed by atoms with Crippen molar-refractivity contribution < 1.29 is 8.78 Å². The average Bonchev–Trinajstić information content (AvgIpc) is 3.06. The Labute approximate surface area is 116 Å². The van der Waals surface area contributed by atoms with E-state index >= 15 is 0 Å². The highest BCUT2D eigenvalue weighted by molar-refractivity contribution is 5.04. The van der Waals surface area contributed by atoms with Crippen LogP contribution in [0.1, 0.15) is 44.2 Å². The van der Waals surface area contributed by atoms with E-state index in [2.05, 4.69) is 29.4 Å². The fourth-order valence-corrected chi connectivity index (χ4v) is 2.03. The summed E-state index contributed by atoms with van der Waals surface area (Å²) in [4.78, 5) is 0. The lowest BCUT2D eigenvalue weighted by Crippen LogP contribution is -2.20. The predicted molar refractivity (Wildman–Crippen MR) is 71.3 cm³/mol. The van der Waals surface area contributed by atoms with Crippen LogP contribution in [0, 0.1) is 0 Å². The van der Waals surface area contributed by atoms with Crippen molar-refractivity contribution in [3.63, 3.8) is 0 Å². The van der Waals surface area contributed by atoms with Gasteiger partial charge in [-0.3, -0.25) is 4.68 Å². The molecule has 0 fully saturated rings. The minimum absolute atomic E-state index is 0.327. The van der Waals surface area contributed by atoms with Crippen LogP contribution in [0.4, 0.5) is 8.78 Å². The van der Waals surface area contributed by atoms with Gasteiger partial charge in [-0.2, -0.15) is 19.0 Å². The second kappa shape index (κ2) is 6.60. The highest BCUT2D eigenvalue weighted by atomic mass is 19.3. The Morgan fingerprint density at radius 1 is 1.10 bits per heavy atom. The molecular formula is C13H19F2N5. The molecule has 7 heteroatoms. The zero-order valence-corrected chi connectivity index (χ0v) is 11.6. The minimum Gasteiger partial charge on any atom is -0.306 e. The molecule has 0 saturated carbocycles. The zero-order chi connectivity index (χ0) is 14.5. The van der Waals surface area contributed by atoms with Crippen LogP contribution in [0.5, 0.6) is 0 Å². The van der Waals surface area contributed by atoms with Crippen molar-refractivity contribution in [2.24, 2.45) is 0 Å². The Balaban J connectivity index is 1.93. The normalized spacial score (nSPS) is 13.1. The Morgan fingerprint density at radius 2 is 1.65 bits per heavy atom. The number of halogens is 2. The van der Waals surface area contributed by atoms with Gasteiger partial charge in [-0.15, -0.1) is 0 Å². The van der Waals surface area contributed by atoms with E-state index < -0.39 is 6.55 Å². The van der Waals surface area contributed by atoms with Gasteiger partial charge in [0.25, 0.3) is 0 Å². The fourth-order valence-electron chi connectivity index (χ4n) is 2.03. The maximum Gasteiger partial charge on any atom is 0.333 e. The van der Waals surface area contributed by atoms with Gasteiger partial charge < -0.3 is 5.32 Å². The number of aromatic nitrogens is 4. The molecule has 2 heterocycles. The molecule has 1 unspecified atom stereocenters. The molecule has 0 amide bonds. The number of hydrogen-bond donors (Lipinski definition) is 1. The fraction of sp³-hybridized carbons (Fsp3) is 0.538. The van der Waals surface area contributed by atoms with Crippen LogP contribution in [0.2, 0.25) is 0 Å². The summed E-state index contributed by atoms with van der Waals surface area (Å²) in [6.45, 7) is 2.52. The van der Waals surface area contributed by atoms with Crippen LogP contribution in [-0.2, 0) is 13.1 Å². The lowest BCUT2D eigenvalue weighted by Gasteiger charge is -2.14. The summed E-state index contributed by atoms with van der Waals surface area (Å²) in [5.74, 6) is 0. The van der Waals surface area contributed by atoms with E-state index in [1.807, 2.05) is 10.7 Å². The number of hydrogen-bond acceptors (Lipinski definition) is 3. The summed E-state index contributed by atoms with van der Waals surface area (Å²) in [6, 6.07) is 3.85. The summed E-state index contributed by atoms with van der Waals surface area (Å²) >= 11 is 0. The molecule has 0 spiro atoms. The van der Waals surface area contributed by atoms with Crippen LogP contribution in [0.3, 0.4) is 0 Å². The highest BCUT2D eigenvalue weighted by Crippen LogP contribution is 2.13. The lowest BCUT2D eigenvalue weighted by molar-refractivity contribution is 0.0531. The molecule has 0 saturated heterocycles. The van der Waals surface area contributed by atoms with Crippen molar-refractivity contribution in [2.45, 2.75) is 45.9 Å². The first-order chi connectivity index (χ1) is 9.63. The maximum absolute atomic E-state index is 12.6. The Bertz CT molecular complexity index is 534. The molecule has 1 atom stereocenters. The number of rotatable bonds is 7. The third-order valence-corrected chi connectivity index (χ3v) is 3.31. The molecule has 110 valence electrons. The molecule has 0 bridgehead atoms. The number of nitrogens with zero attached hydrogens (tertiary/aromatic N) is 4. The van der Waals surface area contributed by atoms with Crippen LogP contribution >= 0.6 is 0 Å². The number of alkyl halides is 2. The molecule has 0 aliphatic carbocycles. The molecule has 0 aliphatic rings. The van der Waals surface area contributed by atoms with E-state index in [0.29, 0.717) is 24.8 Å². The molecular weight excluding hydrogens is 264 g/mol. The van der Waals surface area contributed by atoms with Crippen molar-refractivity contribution in [3.05, 3.63) is 35.9 Å². The van der Waals surface area contributed by atoms with Gasteiger partial charge in [-0.25, -0.2) is 4.68 Å². The third kappa shape index (κ3) is 3.22. The SMILES string of the molecule is CCC(C)n1nccc1CNCc1ccnn1C(F)F. The van der Waals surface area contributed by atoms with Crippen molar-refractivity contribution in [2.75, 3.05) is 0 Å². The quantitative estimate of drug-likeness (QED) is 0.850. The van der Waals surface area contributed by atoms with E-state index in [4.69, 9.17) is 0 Å². The monoisotopic (exact) mass is 283 g/mol. The molecule has 0 aromatic carbocycles. The van der Waals surface area contributed by atoms with Gasteiger partial charge in [-0.1, -0.05) is 6.92 Å². The van der Waals surface area contributed by atoms with Crippen molar-refractivity contribution in [3.8, 4) is 0 Å². The average molecular weight is 283 g/mol. The first-order valence-corrected chi connectivity index (χ1v) is 6.67. The molecule has 0 aliphatic heterocycles. The first kappa shape index (κ1) is 14.6. The molecule has 5 nitrogen and oxygen atoms in total. The van der Waals surface area contributed by atoms with Gasteiger partial charge >= 0.3 is 6.55 Å². The minimum atomic E-state index is -2.60. The summed E-state index contributed by atoms with van der Waals surface area (Å²) in [7, 11) is 0. The Kier molecular flexibility index (Phi) is 4.84. The Hall–Kier alpha value is -1.76. The Morgan fingerprint density at radius 3 is 2.20 bits per heavy atom. The number of nitrogens with one attached hydrogen (secondary N) is 1. The van der Waals surface area contributed by atoms with Gasteiger partial charge in [0.1, 0.15) is 0 Å². The maximum atomic E-state index is 12.6. The molecule has 2 rings (SSSR count). The smallest absolute Gasteiger partial charge is 0.306 e. The standard InChI is InChI=1S/C13H19F2N5/c1-3-10(2)19-11(4-6-17-19)8-16-9-12-5-7-18-20(12)13(14)15/h4-7,10,13,16H,3,8-9H2,1-2H3. The second-order valence-corrected chi connectivity index (χ2v) is 4.67. The molecule has 2 aromatic heterocycles. The third-order valence-electron chi connectivity index (χ3n) is 3.31. The van der Waals surface area contributed by atoms with Gasteiger partial charge in [-0.05, 0) is 25.5 Å². The van der Waals surface area contributed by atoms with E-state index in [-0.39, 0.29) is 0 Å². The first-order valence-electron chi connectivity index (χ1n) is 6.67. The summed E-state index contributed by atoms with van der Waals surface area (Å²) < 4.78 is 27.9. The van der Waals surface area contributed by atoms with Crippen LogP contribution < -0.4 is 5.32 Å². The van der Waals surface area contributed by atoms with Gasteiger partial charge in [0.15, 0.2) is 0 Å². The summed E-state index contributed by atoms with van der Waals surface area (Å²) in [6.07, 6.45) is 4.13. The molecule has 1 N–H and O–H groups in total. The topological polar surface area (TPSA) is 47.7 Å². The predicted octanol–water partition coefficient (Wildman–Crippen LogP) is 2.74. The van der Waals surface area contributed by atoms with Gasteiger partial charge in [0, 0.05) is 31.5 Å². The molecule has 20 heavy (non-hydrogen) atoms. The highest BCUT2D eigenvalue weighted by Gasteiger charge is 2.12. The van der Waals surface area contributed by atoms with E-state index in [1.165, 1.54) is 6.20 Å². The van der Waals surface area contributed by atoms with Crippen LogP contribution in [0.25, 0.3) is 0 Å². The van der Waals surface area contributed by atoms with Crippen LogP contribution in [-0.4, -0.2) is 19.6 Å². The van der Waals surface area contributed by atoms with Crippen LogP contribution in [0.15, 0.2) is 24.5 Å². The van der Waals surface area contributed by atoms with E-state index in [0.717, 1.165) is 16.8 Å². The van der Waals surface area contributed by atoms with E-state index in [1.54, 1.807) is 12.3 Å². The molecule has 0 radical (unpaired) electrons. The van der Waals surface area contributed by atoms with E-state index in [9.17, 15) is 8.78 Å². The largest absolute Gasteiger partial charge is 0.333 e. The van der Waals surface area contributed by atoms with Crippen molar-refractivity contribution >= 4 is 0 Å². The van der Waals surface area contributed by atoms with Gasteiger partial charge in [0.05, 0.1) is 11.4 Å². The summed E-state index contributed by atoms with van der Waals surface area (Å²) in [5.41, 5.74) is 1.51.